The van der Waals surface area contributed by atoms with Gasteiger partial charge in [0.2, 0.25) is 11.5 Å². The molecule has 0 unspecified atom stereocenters. The molecule has 0 atom stereocenters. The van der Waals surface area contributed by atoms with Gasteiger partial charge in [-0.1, -0.05) is 0 Å². The van der Waals surface area contributed by atoms with Crippen molar-refractivity contribution in [2.45, 2.75) is 12.8 Å². The van der Waals surface area contributed by atoms with E-state index in [4.69, 9.17) is 24.7 Å². The minimum atomic E-state index is 0.530. The largest absolute Gasteiger partial charge is 0.493 e. The molecule has 116 valence electrons. The van der Waals surface area contributed by atoms with Crippen molar-refractivity contribution < 1.29 is 18.9 Å². The number of nitrogens with two attached hydrogens (primary N) is 1. The van der Waals surface area contributed by atoms with Crippen LogP contribution in [0, 0.1) is 0 Å². The second kappa shape index (κ2) is 5.67. The smallest absolute Gasteiger partial charge is 0.208 e. The highest BCUT2D eigenvalue weighted by Gasteiger charge is 2.25. The van der Waals surface area contributed by atoms with Gasteiger partial charge >= 0.3 is 0 Å². The number of hydrogen-bond donors (Lipinski definition) is 1. The van der Waals surface area contributed by atoms with Gasteiger partial charge in [0.25, 0.3) is 0 Å². The van der Waals surface area contributed by atoms with Crippen molar-refractivity contribution in [3.8, 4) is 28.7 Å². The van der Waals surface area contributed by atoms with Crippen LogP contribution in [0.1, 0.15) is 11.1 Å². The van der Waals surface area contributed by atoms with Crippen molar-refractivity contribution in [1.82, 2.24) is 0 Å². The molecule has 0 saturated heterocycles. The van der Waals surface area contributed by atoms with E-state index in [0.29, 0.717) is 23.0 Å². The number of nitrogen functional groups attached to an aromatic ring is 1. The summed E-state index contributed by atoms with van der Waals surface area (Å²) in [5.41, 5.74) is 8.69. The molecule has 0 fully saturated rings. The summed E-state index contributed by atoms with van der Waals surface area (Å²) in [6.07, 6.45) is 1.65. The Morgan fingerprint density at radius 2 is 1.64 bits per heavy atom. The molecule has 3 rings (SSSR count). The molecule has 0 amide bonds. The third kappa shape index (κ3) is 2.28. The molecule has 0 bridgehead atoms. The molecule has 5 nitrogen and oxygen atoms in total. The fraction of sp³-hybridized carbons (Fsp3) is 0.294. The first-order chi connectivity index (χ1) is 10.7. The van der Waals surface area contributed by atoms with Gasteiger partial charge in [0, 0.05) is 11.3 Å². The average molecular weight is 301 g/mol. The maximum Gasteiger partial charge on any atom is 0.208 e. The molecule has 1 aliphatic heterocycles. The van der Waals surface area contributed by atoms with Crippen molar-refractivity contribution in [2.24, 2.45) is 0 Å². The van der Waals surface area contributed by atoms with Crippen LogP contribution in [-0.2, 0) is 12.8 Å². The Bertz CT molecular complexity index is 712. The van der Waals surface area contributed by atoms with Gasteiger partial charge in [-0.3, -0.25) is 0 Å². The molecule has 0 spiro atoms. The Morgan fingerprint density at radius 3 is 2.32 bits per heavy atom. The third-order valence-corrected chi connectivity index (χ3v) is 3.82. The van der Waals surface area contributed by atoms with Crippen LogP contribution in [-0.4, -0.2) is 21.3 Å². The zero-order valence-corrected chi connectivity index (χ0v) is 12.9. The van der Waals surface area contributed by atoms with Crippen LogP contribution in [0.2, 0.25) is 0 Å². The van der Waals surface area contributed by atoms with E-state index in [1.54, 1.807) is 21.3 Å². The van der Waals surface area contributed by atoms with E-state index >= 15 is 0 Å². The van der Waals surface area contributed by atoms with Gasteiger partial charge in [-0.05, 0) is 42.7 Å². The summed E-state index contributed by atoms with van der Waals surface area (Å²) < 4.78 is 22.4. The van der Waals surface area contributed by atoms with Crippen molar-refractivity contribution in [3.05, 3.63) is 35.4 Å². The van der Waals surface area contributed by atoms with E-state index < -0.39 is 0 Å². The minimum absolute atomic E-state index is 0.530. The predicted molar refractivity (Wildman–Crippen MR) is 84.4 cm³/mol. The molecule has 0 aromatic heterocycles. The standard InChI is InChI=1S/C17H19NO4/c1-19-14-9-11-5-4-10-8-12(18)6-7-13(10)22-15(11)17(21-3)16(14)20-2/h6-9H,4-5,18H2,1-3H3. The highest BCUT2D eigenvalue weighted by molar-refractivity contribution is 5.65. The molecule has 22 heavy (non-hydrogen) atoms. The van der Waals surface area contributed by atoms with Crippen LogP contribution in [0.4, 0.5) is 5.69 Å². The summed E-state index contributed by atoms with van der Waals surface area (Å²) in [6.45, 7) is 0. The summed E-state index contributed by atoms with van der Waals surface area (Å²) in [5.74, 6) is 3.17. The lowest BCUT2D eigenvalue weighted by molar-refractivity contribution is 0.312. The lowest BCUT2D eigenvalue weighted by Crippen LogP contribution is -2.00. The lowest BCUT2D eigenvalue weighted by atomic mass is 10.0. The molecule has 0 aliphatic carbocycles. The molecule has 0 saturated carbocycles. The summed E-state index contributed by atoms with van der Waals surface area (Å²) in [5, 5.41) is 0. The second-order valence-corrected chi connectivity index (χ2v) is 5.10. The van der Waals surface area contributed by atoms with E-state index in [1.165, 1.54) is 0 Å². The van der Waals surface area contributed by atoms with Gasteiger partial charge in [0.15, 0.2) is 11.5 Å². The number of methoxy groups -OCH3 is 3. The predicted octanol–water partition coefficient (Wildman–Crippen LogP) is 3.19. The number of hydrogen-bond acceptors (Lipinski definition) is 5. The molecule has 0 radical (unpaired) electrons. The van der Waals surface area contributed by atoms with E-state index in [1.807, 2.05) is 24.3 Å². The summed E-state index contributed by atoms with van der Waals surface area (Å²) in [4.78, 5) is 0. The Kier molecular flexibility index (Phi) is 3.71. The highest BCUT2D eigenvalue weighted by Crippen LogP contribution is 2.50. The fourth-order valence-corrected chi connectivity index (χ4v) is 2.75. The summed E-state index contributed by atoms with van der Waals surface area (Å²) in [7, 11) is 4.78. The molecular formula is C17H19NO4. The van der Waals surface area contributed by atoms with Gasteiger partial charge in [-0.15, -0.1) is 0 Å². The van der Waals surface area contributed by atoms with Gasteiger partial charge in [0.1, 0.15) is 5.75 Å². The Balaban J connectivity index is 2.17. The van der Waals surface area contributed by atoms with Gasteiger partial charge < -0.3 is 24.7 Å². The second-order valence-electron chi connectivity index (χ2n) is 5.10. The van der Waals surface area contributed by atoms with Crippen molar-refractivity contribution >= 4 is 5.69 Å². The first-order valence-electron chi connectivity index (χ1n) is 7.06. The quantitative estimate of drug-likeness (QED) is 0.882. The van der Waals surface area contributed by atoms with Crippen LogP contribution in [0.3, 0.4) is 0 Å². The Morgan fingerprint density at radius 1 is 0.909 bits per heavy atom. The monoisotopic (exact) mass is 301 g/mol. The Labute approximate surface area is 129 Å². The number of ether oxygens (including phenoxy) is 4. The zero-order valence-electron chi connectivity index (χ0n) is 12.9. The number of rotatable bonds is 3. The molecular weight excluding hydrogens is 282 g/mol. The Hall–Kier alpha value is -2.56. The van der Waals surface area contributed by atoms with Crippen molar-refractivity contribution in [2.75, 3.05) is 27.1 Å². The normalized spacial score (nSPS) is 12.5. The first-order valence-corrected chi connectivity index (χ1v) is 7.06. The van der Waals surface area contributed by atoms with E-state index in [9.17, 15) is 0 Å². The van der Waals surface area contributed by atoms with E-state index in [-0.39, 0.29) is 0 Å². The fourth-order valence-electron chi connectivity index (χ4n) is 2.75. The molecule has 5 heteroatoms. The SMILES string of the molecule is COc1cc2c(c(OC)c1OC)Oc1ccc(N)cc1CC2. The van der Waals surface area contributed by atoms with Crippen LogP contribution in [0.5, 0.6) is 28.7 Å². The maximum absolute atomic E-state index is 6.11. The van der Waals surface area contributed by atoms with Crippen LogP contribution in [0.15, 0.2) is 24.3 Å². The van der Waals surface area contributed by atoms with Crippen molar-refractivity contribution in [3.63, 3.8) is 0 Å². The molecule has 1 aliphatic rings. The molecule has 2 N–H and O–H groups in total. The minimum Gasteiger partial charge on any atom is -0.493 e. The summed E-state index contributed by atoms with van der Waals surface area (Å²) >= 11 is 0. The lowest BCUT2D eigenvalue weighted by Gasteiger charge is -2.18. The average Bonchev–Trinajstić information content (AvgIpc) is 2.71. The first kappa shape index (κ1) is 14.4. The van der Waals surface area contributed by atoms with E-state index in [0.717, 1.165) is 35.4 Å². The van der Waals surface area contributed by atoms with Crippen LogP contribution >= 0.6 is 0 Å². The van der Waals surface area contributed by atoms with Crippen molar-refractivity contribution in [1.29, 1.82) is 0 Å². The number of fused-ring (bicyclic) bond motifs is 2. The highest BCUT2D eigenvalue weighted by atomic mass is 16.5. The van der Waals surface area contributed by atoms with Crippen LogP contribution < -0.4 is 24.7 Å². The van der Waals surface area contributed by atoms with E-state index in [2.05, 4.69) is 0 Å². The number of benzene rings is 2. The van der Waals surface area contributed by atoms with Gasteiger partial charge in [-0.25, -0.2) is 0 Å². The topological polar surface area (TPSA) is 62.9 Å². The molecule has 2 aromatic rings. The van der Waals surface area contributed by atoms with Crippen LogP contribution in [0.25, 0.3) is 0 Å². The number of anilines is 1. The summed E-state index contributed by atoms with van der Waals surface area (Å²) in [6, 6.07) is 7.60. The third-order valence-electron chi connectivity index (χ3n) is 3.82. The molecule has 2 aromatic carbocycles. The number of aryl methyl sites for hydroxylation is 2. The molecule has 1 heterocycles. The van der Waals surface area contributed by atoms with Gasteiger partial charge in [-0.2, -0.15) is 0 Å². The van der Waals surface area contributed by atoms with Gasteiger partial charge in [0.05, 0.1) is 21.3 Å². The zero-order chi connectivity index (χ0) is 15.7. The maximum atomic E-state index is 6.11.